The molecule has 0 atom stereocenters. The molecule has 0 spiro atoms. The van der Waals surface area contributed by atoms with Crippen LogP contribution >= 0.6 is 0 Å². The van der Waals surface area contributed by atoms with Crippen molar-refractivity contribution in [1.29, 1.82) is 0 Å². The first-order valence-corrected chi connectivity index (χ1v) is 14.6. The fourth-order valence-corrected chi connectivity index (χ4v) is 6.67. The minimum atomic E-state index is 0.818. The Kier molecular flexibility index (Phi) is 4.66. The van der Waals surface area contributed by atoms with Gasteiger partial charge >= 0.3 is 0 Å². The number of para-hydroxylation sites is 2. The molecule has 0 amide bonds. The number of rotatable bonds is 3. The van der Waals surface area contributed by atoms with Crippen LogP contribution in [0.1, 0.15) is 0 Å². The average Bonchev–Trinajstić information content (AvgIpc) is 3.75. The lowest BCUT2D eigenvalue weighted by atomic mass is 10.1. The molecule has 0 aliphatic carbocycles. The zero-order valence-corrected chi connectivity index (χ0v) is 23.3. The maximum absolute atomic E-state index is 6.55. The van der Waals surface area contributed by atoms with E-state index in [1.165, 1.54) is 0 Å². The van der Waals surface area contributed by atoms with Crippen molar-refractivity contribution in [2.24, 2.45) is 0 Å². The zero-order valence-electron chi connectivity index (χ0n) is 23.3. The molecule has 0 saturated carbocycles. The number of aromatic nitrogens is 1. The van der Waals surface area contributed by atoms with Crippen LogP contribution in [0.2, 0.25) is 0 Å². The number of nitrogens with zero attached hydrogens (tertiary/aromatic N) is 2. The minimum Gasteiger partial charge on any atom is -0.456 e. The predicted octanol–water partition coefficient (Wildman–Crippen LogP) is 11.4. The van der Waals surface area contributed by atoms with Gasteiger partial charge in [-0.25, -0.2) is 0 Å². The van der Waals surface area contributed by atoms with E-state index >= 15 is 0 Å². The molecule has 6 aromatic carbocycles. The van der Waals surface area contributed by atoms with Crippen molar-refractivity contribution in [1.82, 2.24) is 4.98 Å². The molecular formula is C39H22N2O3. The van der Waals surface area contributed by atoms with Crippen LogP contribution in [0.5, 0.6) is 0 Å². The summed E-state index contributed by atoms with van der Waals surface area (Å²) in [6.45, 7) is 0. The standard InChI is InChI=1S/C39H22N2O3/c1-3-9-34-26(6-1)28-14-11-24(21-37(28)43-34)41(23-13-18-36-32(20-23)27-7-2-4-10-35(27)42-36)25-12-15-29-30-16-17-33-31(8-5-19-40-33)39(30)44-38(29)22-25/h1-22H. The highest BCUT2D eigenvalue weighted by molar-refractivity contribution is 6.15. The Morgan fingerprint density at radius 3 is 1.73 bits per heavy atom. The summed E-state index contributed by atoms with van der Waals surface area (Å²) in [5, 5.41) is 7.51. The topological polar surface area (TPSA) is 55.6 Å². The second-order valence-corrected chi connectivity index (χ2v) is 11.2. The van der Waals surface area contributed by atoms with Crippen molar-refractivity contribution >= 4 is 93.8 Å². The van der Waals surface area contributed by atoms with Crippen LogP contribution in [-0.4, -0.2) is 4.98 Å². The second kappa shape index (κ2) is 8.72. The van der Waals surface area contributed by atoms with Crippen molar-refractivity contribution in [2.45, 2.75) is 0 Å². The number of hydrogen-bond acceptors (Lipinski definition) is 5. The van der Waals surface area contributed by atoms with Crippen LogP contribution < -0.4 is 4.90 Å². The molecule has 4 heterocycles. The molecule has 5 heteroatoms. The van der Waals surface area contributed by atoms with E-state index in [4.69, 9.17) is 13.3 Å². The number of pyridine rings is 1. The van der Waals surface area contributed by atoms with Crippen LogP contribution in [-0.2, 0) is 0 Å². The molecule has 0 radical (unpaired) electrons. The van der Waals surface area contributed by atoms with Crippen molar-refractivity contribution in [3.63, 3.8) is 0 Å². The number of furan rings is 3. The van der Waals surface area contributed by atoms with Crippen LogP contribution in [0.3, 0.4) is 0 Å². The van der Waals surface area contributed by atoms with Crippen LogP contribution in [0.4, 0.5) is 17.1 Å². The fourth-order valence-electron chi connectivity index (χ4n) is 6.67. The van der Waals surface area contributed by atoms with E-state index in [1.54, 1.807) is 0 Å². The summed E-state index contributed by atoms with van der Waals surface area (Å²) in [4.78, 5) is 6.77. The molecule has 44 heavy (non-hydrogen) atoms. The largest absolute Gasteiger partial charge is 0.456 e. The molecule has 4 aromatic heterocycles. The van der Waals surface area contributed by atoms with Gasteiger partial charge in [-0.1, -0.05) is 36.4 Å². The molecule has 5 nitrogen and oxygen atoms in total. The Balaban J connectivity index is 1.22. The summed E-state index contributed by atoms with van der Waals surface area (Å²) in [5.41, 5.74) is 9.00. The number of fused-ring (bicyclic) bond motifs is 11. The van der Waals surface area contributed by atoms with Crippen molar-refractivity contribution in [3.8, 4) is 0 Å². The lowest BCUT2D eigenvalue weighted by molar-refractivity contribution is 0.668. The van der Waals surface area contributed by atoms with Crippen molar-refractivity contribution < 1.29 is 13.3 Å². The maximum Gasteiger partial charge on any atom is 0.144 e. The van der Waals surface area contributed by atoms with Gasteiger partial charge in [-0.3, -0.25) is 4.98 Å². The Hall–Kier alpha value is -6.07. The van der Waals surface area contributed by atoms with Gasteiger partial charge < -0.3 is 18.2 Å². The molecule has 0 aliphatic heterocycles. The molecular weight excluding hydrogens is 544 g/mol. The first-order chi connectivity index (χ1) is 21.8. The SMILES string of the molecule is c1ccc2c(c1)oc1cc(N(c3ccc4c(c3)oc3c5cccnc5ccc43)c3ccc4oc5ccccc5c4c3)ccc12. The summed E-state index contributed by atoms with van der Waals surface area (Å²) in [7, 11) is 0. The van der Waals surface area contributed by atoms with E-state index in [-0.39, 0.29) is 0 Å². The molecule has 10 aromatic rings. The third-order valence-electron chi connectivity index (χ3n) is 8.70. The van der Waals surface area contributed by atoms with Crippen LogP contribution in [0, 0.1) is 0 Å². The first kappa shape index (κ1) is 23.5. The maximum atomic E-state index is 6.55. The van der Waals surface area contributed by atoms with Crippen LogP contribution in [0.25, 0.3) is 76.7 Å². The minimum absolute atomic E-state index is 0.818. The van der Waals surface area contributed by atoms with Gasteiger partial charge in [0.25, 0.3) is 0 Å². The number of benzene rings is 6. The molecule has 206 valence electrons. The van der Waals surface area contributed by atoms with Gasteiger partial charge in [0, 0.05) is 73.1 Å². The second-order valence-electron chi connectivity index (χ2n) is 11.2. The summed E-state index contributed by atoms with van der Waals surface area (Å²) in [6.07, 6.45) is 1.81. The van der Waals surface area contributed by atoms with Crippen molar-refractivity contribution in [2.75, 3.05) is 4.90 Å². The fraction of sp³-hybridized carbons (Fsp3) is 0. The highest BCUT2D eigenvalue weighted by Crippen LogP contribution is 2.43. The average molecular weight is 567 g/mol. The van der Waals surface area contributed by atoms with Crippen LogP contribution in [0.15, 0.2) is 147 Å². The summed E-state index contributed by atoms with van der Waals surface area (Å²) >= 11 is 0. The Labute approximate surface area is 250 Å². The molecule has 0 saturated heterocycles. The smallest absolute Gasteiger partial charge is 0.144 e. The summed E-state index contributed by atoms with van der Waals surface area (Å²) in [6, 6.07) is 43.7. The third kappa shape index (κ3) is 3.32. The van der Waals surface area contributed by atoms with E-state index in [1.807, 2.05) is 48.7 Å². The number of hydrogen-bond donors (Lipinski definition) is 0. The first-order valence-electron chi connectivity index (χ1n) is 14.6. The molecule has 0 bridgehead atoms. The van der Waals surface area contributed by atoms with E-state index in [2.05, 4.69) is 94.8 Å². The predicted molar refractivity (Wildman–Crippen MR) is 178 cm³/mol. The van der Waals surface area contributed by atoms with E-state index < -0.39 is 0 Å². The summed E-state index contributed by atoms with van der Waals surface area (Å²) < 4.78 is 19.0. The molecule has 0 fully saturated rings. The molecule has 0 unspecified atom stereocenters. The zero-order chi connectivity index (χ0) is 28.8. The van der Waals surface area contributed by atoms with Gasteiger partial charge in [0.2, 0.25) is 0 Å². The Bertz CT molecular complexity index is 2750. The van der Waals surface area contributed by atoms with Gasteiger partial charge in [0.1, 0.15) is 33.5 Å². The quantitative estimate of drug-likeness (QED) is 0.213. The van der Waals surface area contributed by atoms with Gasteiger partial charge in [0.15, 0.2) is 0 Å². The lowest BCUT2D eigenvalue weighted by Crippen LogP contribution is -2.09. The van der Waals surface area contributed by atoms with E-state index in [0.29, 0.717) is 0 Å². The Morgan fingerprint density at radius 1 is 0.386 bits per heavy atom. The van der Waals surface area contributed by atoms with E-state index in [0.717, 1.165) is 93.8 Å². The number of anilines is 3. The van der Waals surface area contributed by atoms with Gasteiger partial charge in [0.05, 0.1) is 5.52 Å². The van der Waals surface area contributed by atoms with Gasteiger partial charge in [-0.15, -0.1) is 0 Å². The molecule has 0 aliphatic rings. The summed E-state index contributed by atoms with van der Waals surface area (Å²) in [5.74, 6) is 0. The van der Waals surface area contributed by atoms with Gasteiger partial charge in [-0.05, 0) is 78.9 Å². The van der Waals surface area contributed by atoms with Gasteiger partial charge in [-0.2, -0.15) is 0 Å². The highest BCUT2D eigenvalue weighted by Gasteiger charge is 2.19. The molecule has 0 N–H and O–H groups in total. The normalized spacial score (nSPS) is 12.1. The molecule has 10 rings (SSSR count). The third-order valence-corrected chi connectivity index (χ3v) is 8.70. The Morgan fingerprint density at radius 2 is 0.932 bits per heavy atom. The van der Waals surface area contributed by atoms with Crippen molar-refractivity contribution in [3.05, 3.63) is 134 Å². The lowest BCUT2D eigenvalue weighted by Gasteiger charge is -2.25. The highest BCUT2D eigenvalue weighted by atomic mass is 16.3. The van der Waals surface area contributed by atoms with E-state index in [9.17, 15) is 0 Å². The monoisotopic (exact) mass is 566 g/mol.